The maximum Gasteiger partial charge on any atom is 0.229 e. The first-order valence-corrected chi connectivity index (χ1v) is 12.1. The summed E-state index contributed by atoms with van der Waals surface area (Å²) < 4.78 is 10.0. The third-order valence-corrected chi connectivity index (χ3v) is 7.67. The van der Waals surface area contributed by atoms with Crippen molar-refractivity contribution in [1.29, 1.82) is 5.26 Å². The van der Waals surface area contributed by atoms with Gasteiger partial charge in [0.1, 0.15) is 10.8 Å². The van der Waals surface area contributed by atoms with Crippen molar-refractivity contribution in [1.82, 2.24) is 24.1 Å². The summed E-state index contributed by atoms with van der Waals surface area (Å²) in [5.41, 5.74) is 2.00. The van der Waals surface area contributed by atoms with Gasteiger partial charge in [0.25, 0.3) is 0 Å². The van der Waals surface area contributed by atoms with Crippen LogP contribution in [0, 0.1) is 18.3 Å². The molecule has 32 heavy (non-hydrogen) atoms. The van der Waals surface area contributed by atoms with Crippen molar-refractivity contribution in [3.05, 3.63) is 23.5 Å². The second kappa shape index (κ2) is 8.90. The predicted molar refractivity (Wildman–Crippen MR) is 124 cm³/mol. The Morgan fingerprint density at radius 2 is 2.22 bits per heavy atom. The largest absolute Gasteiger partial charge is 0.378 e. The minimum absolute atomic E-state index is 0.114. The number of hydrogen-bond acceptors (Lipinski definition) is 10. The smallest absolute Gasteiger partial charge is 0.229 e. The number of aryl methyl sites for hydroxylation is 2. The van der Waals surface area contributed by atoms with Crippen molar-refractivity contribution >= 4 is 28.3 Å². The molecular weight excluding hydrogens is 424 g/mol. The molecule has 0 amide bonds. The van der Waals surface area contributed by atoms with Gasteiger partial charge in [-0.15, -0.1) is 0 Å². The van der Waals surface area contributed by atoms with Crippen molar-refractivity contribution in [3.8, 4) is 6.07 Å². The molecule has 5 heterocycles. The number of nitriles is 1. The van der Waals surface area contributed by atoms with Gasteiger partial charge >= 0.3 is 0 Å². The molecule has 0 radical (unpaired) electrons. The van der Waals surface area contributed by atoms with Crippen molar-refractivity contribution in [2.75, 3.05) is 62.7 Å². The molecule has 0 aromatic carbocycles. The monoisotopic (exact) mass is 454 g/mol. The van der Waals surface area contributed by atoms with Gasteiger partial charge in [-0.2, -0.15) is 14.6 Å². The Kier molecular flexibility index (Phi) is 5.99. The summed E-state index contributed by atoms with van der Waals surface area (Å²) >= 11 is 1.41. The van der Waals surface area contributed by atoms with Crippen molar-refractivity contribution < 1.29 is 4.74 Å². The Balaban J connectivity index is 1.32. The molecule has 0 spiro atoms. The van der Waals surface area contributed by atoms with Crippen LogP contribution in [-0.2, 0) is 11.2 Å². The molecule has 0 aliphatic carbocycles. The fraction of sp³-hybridized carbons (Fsp3) is 0.636. The molecule has 0 unspecified atom stereocenters. The number of hydrogen-bond donors (Lipinski definition) is 1. The molecule has 3 saturated heterocycles. The lowest BCUT2D eigenvalue weighted by atomic mass is 9.83. The average molecular weight is 455 g/mol. The molecule has 9 nitrogen and oxygen atoms in total. The van der Waals surface area contributed by atoms with E-state index in [0.717, 1.165) is 81.0 Å². The van der Waals surface area contributed by atoms with E-state index in [1.165, 1.54) is 11.5 Å². The Labute approximate surface area is 193 Å². The number of rotatable bonds is 6. The lowest BCUT2D eigenvalue weighted by Crippen LogP contribution is -2.74. The number of aromatic nitrogens is 3. The molecule has 1 atom stereocenters. The summed E-state index contributed by atoms with van der Waals surface area (Å²) in [6.45, 7) is 11.4. The average Bonchev–Trinajstić information content (AvgIpc) is 3.20. The zero-order valence-electron chi connectivity index (χ0n) is 18.8. The fourth-order valence-electron chi connectivity index (χ4n) is 5.08. The van der Waals surface area contributed by atoms with E-state index in [1.54, 1.807) is 0 Å². The highest BCUT2D eigenvalue weighted by atomic mass is 32.1. The number of morpholine rings is 1. The van der Waals surface area contributed by atoms with E-state index in [-0.39, 0.29) is 5.54 Å². The Bertz CT molecular complexity index is 998. The first kappa shape index (κ1) is 21.5. The summed E-state index contributed by atoms with van der Waals surface area (Å²) in [6.07, 6.45) is 3.32. The highest BCUT2D eigenvalue weighted by Gasteiger charge is 2.50. The fourth-order valence-corrected chi connectivity index (χ4v) is 5.73. The molecule has 2 aromatic rings. The van der Waals surface area contributed by atoms with E-state index in [9.17, 15) is 5.26 Å². The summed E-state index contributed by atoms with van der Waals surface area (Å²) in [5.74, 6) is 1.56. The van der Waals surface area contributed by atoms with Crippen LogP contribution in [0.1, 0.15) is 24.6 Å². The van der Waals surface area contributed by atoms with Crippen molar-refractivity contribution in [2.45, 2.75) is 38.3 Å². The molecular formula is C22H30N8OS. The van der Waals surface area contributed by atoms with Gasteiger partial charge in [-0.1, -0.05) is 6.92 Å². The molecule has 0 bridgehead atoms. The number of anilines is 3. The number of piperazine rings is 1. The minimum atomic E-state index is -0.114. The number of nitrogens with zero attached hydrogens (tertiary/aromatic N) is 7. The van der Waals surface area contributed by atoms with Gasteiger partial charge in [-0.3, -0.25) is 9.80 Å². The van der Waals surface area contributed by atoms with Gasteiger partial charge in [0.2, 0.25) is 5.95 Å². The third kappa shape index (κ3) is 4.06. The summed E-state index contributed by atoms with van der Waals surface area (Å²) in [7, 11) is 0. The van der Waals surface area contributed by atoms with Crippen LogP contribution in [0.2, 0.25) is 0 Å². The molecule has 170 valence electrons. The summed E-state index contributed by atoms with van der Waals surface area (Å²) in [6, 6.07) is 4.90. The summed E-state index contributed by atoms with van der Waals surface area (Å²) in [5, 5.41) is 13.8. The molecule has 10 heteroatoms. The minimum Gasteiger partial charge on any atom is -0.378 e. The van der Waals surface area contributed by atoms with E-state index in [2.05, 4.69) is 42.4 Å². The third-order valence-electron chi connectivity index (χ3n) is 6.87. The lowest BCUT2D eigenvalue weighted by molar-refractivity contribution is -0.0753. The first-order valence-electron chi connectivity index (χ1n) is 11.4. The zero-order valence-corrected chi connectivity index (χ0v) is 19.6. The van der Waals surface area contributed by atoms with Gasteiger partial charge in [0.15, 0.2) is 0 Å². The normalized spacial score (nSPS) is 23.3. The molecule has 3 aliphatic heterocycles. The Hall–Kier alpha value is -2.32. The van der Waals surface area contributed by atoms with Crippen LogP contribution in [0.25, 0.3) is 0 Å². The van der Waals surface area contributed by atoms with E-state index >= 15 is 0 Å². The quantitative estimate of drug-likeness (QED) is 0.704. The SMILES string of the molecule is CCc1cnc(Nc2cc(C)ns2)nc1N1CC(CC#N)(N2CCN3CCOC[C@H]3C2)C1. The number of nitrogens with one attached hydrogen (secondary N) is 1. The predicted octanol–water partition coefficient (Wildman–Crippen LogP) is 2.04. The van der Waals surface area contributed by atoms with Crippen LogP contribution in [0.3, 0.4) is 0 Å². The van der Waals surface area contributed by atoms with Crippen molar-refractivity contribution in [2.24, 2.45) is 0 Å². The molecule has 3 aliphatic rings. The highest BCUT2D eigenvalue weighted by Crippen LogP contribution is 2.37. The molecule has 2 aromatic heterocycles. The molecule has 5 rings (SSSR count). The van der Waals surface area contributed by atoms with Crippen molar-refractivity contribution in [3.63, 3.8) is 0 Å². The zero-order chi connectivity index (χ0) is 22.1. The topological polar surface area (TPSA) is 93.4 Å². The van der Waals surface area contributed by atoms with Gasteiger partial charge < -0.3 is 15.0 Å². The second-order valence-electron chi connectivity index (χ2n) is 8.98. The number of ether oxygens (including phenoxy) is 1. The standard InChI is InChI=1S/C22H30N8OS/c1-3-17-11-24-21(25-19-10-16(2)27-32-19)26-20(17)29-14-22(15-29,4-5-23)30-7-6-28-8-9-31-13-18(28)12-30/h10-11,18H,3-4,6-9,12-15H2,1-2H3,(H,24,25,26)/t18-/m1/s1. The van der Waals surface area contributed by atoms with Crippen LogP contribution in [0.5, 0.6) is 0 Å². The maximum atomic E-state index is 9.63. The molecule has 1 N–H and O–H groups in total. The van der Waals surface area contributed by atoms with Crippen LogP contribution >= 0.6 is 11.5 Å². The maximum absolute atomic E-state index is 9.63. The first-order chi connectivity index (χ1) is 15.6. The van der Waals surface area contributed by atoms with Gasteiger partial charge in [0, 0.05) is 57.1 Å². The van der Waals surface area contributed by atoms with E-state index in [4.69, 9.17) is 9.72 Å². The van der Waals surface area contributed by atoms with Crippen LogP contribution in [0.15, 0.2) is 12.3 Å². The van der Waals surface area contributed by atoms with Crippen LogP contribution in [0.4, 0.5) is 16.8 Å². The molecule has 3 fully saturated rings. The number of fused-ring (bicyclic) bond motifs is 1. The second-order valence-corrected chi connectivity index (χ2v) is 9.78. The van der Waals surface area contributed by atoms with E-state index < -0.39 is 0 Å². The Morgan fingerprint density at radius 1 is 1.34 bits per heavy atom. The van der Waals surface area contributed by atoms with E-state index in [1.807, 2.05) is 19.2 Å². The van der Waals surface area contributed by atoms with Gasteiger partial charge in [-0.05, 0) is 30.9 Å². The van der Waals surface area contributed by atoms with E-state index in [0.29, 0.717) is 18.4 Å². The lowest BCUT2D eigenvalue weighted by Gasteiger charge is -2.59. The Morgan fingerprint density at radius 3 is 2.97 bits per heavy atom. The van der Waals surface area contributed by atoms with Crippen LogP contribution < -0.4 is 10.2 Å². The molecule has 0 saturated carbocycles. The van der Waals surface area contributed by atoms with Crippen LogP contribution in [-0.4, -0.2) is 88.2 Å². The van der Waals surface area contributed by atoms with Gasteiger partial charge in [-0.25, -0.2) is 4.98 Å². The highest BCUT2D eigenvalue weighted by molar-refractivity contribution is 7.10. The summed E-state index contributed by atoms with van der Waals surface area (Å²) in [4.78, 5) is 16.8. The van der Waals surface area contributed by atoms with Gasteiger partial charge in [0.05, 0.1) is 36.9 Å².